The zero-order valence-corrected chi connectivity index (χ0v) is 8.27. The number of hydrogen-bond donors (Lipinski definition) is 0. The van der Waals surface area contributed by atoms with Crippen molar-refractivity contribution in [1.29, 1.82) is 0 Å². The Morgan fingerprint density at radius 2 is 2.31 bits per heavy atom. The van der Waals surface area contributed by atoms with E-state index in [1.54, 1.807) is 28.2 Å². The Balaban J connectivity index is 2.51. The fourth-order valence-electron chi connectivity index (χ4n) is 0.936. The maximum atomic E-state index is 11.5. The number of carbonyl (C=O) groups is 1. The molecule has 0 aliphatic rings. The van der Waals surface area contributed by atoms with Crippen LogP contribution < -0.4 is 0 Å². The lowest BCUT2D eigenvalue weighted by Crippen LogP contribution is -2.35. The van der Waals surface area contributed by atoms with Gasteiger partial charge in [-0.3, -0.25) is 4.79 Å². The summed E-state index contributed by atoms with van der Waals surface area (Å²) in [4.78, 5) is 17.1. The lowest BCUT2D eigenvalue weighted by molar-refractivity contribution is -0.131. The van der Waals surface area contributed by atoms with Crippen LogP contribution in [0.2, 0.25) is 0 Å². The fraction of sp³-hybridized carbons (Fsp3) is 0.556. The van der Waals surface area contributed by atoms with E-state index in [1.807, 2.05) is 20.9 Å². The molecule has 0 fully saturated rings. The number of carbonyl (C=O) groups excluding carboxylic acids is 1. The topological polar surface area (TPSA) is 38.1 Å². The highest BCUT2D eigenvalue weighted by Crippen LogP contribution is 1.96. The van der Waals surface area contributed by atoms with Crippen molar-refractivity contribution in [2.24, 2.45) is 0 Å². The molecule has 0 aromatic carbocycles. The third kappa shape index (κ3) is 2.57. The van der Waals surface area contributed by atoms with Gasteiger partial charge in [0, 0.05) is 25.5 Å². The van der Waals surface area contributed by atoms with Gasteiger partial charge >= 0.3 is 0 Å². The van der Waals surface area contributed by atoms with Crippen LogP contribution in [-0.4, -0.2) is 33.4 Å². The van der Waals surface area contributed by atoms with Gasteiger partial charge < -0.3 is 9.47 Å². The third-order valence-corrected chi connectivity index (χ3v) is 2.05. The van der Waals surface area contributed by atoms with Crippen molar-refractivity contribution in [3.8, 4) is 0 Å². The van der Waals surface area contributed by atoms with E-state index in [9.17, 15) is 4.79 Å². The Bertz CT molecular complexity index is 266. The van der Waals surface area contributed by atoms with E-state index < -0.39 is 0 Å². The van der Waals surface area contributed by atoms with Gasteiger partial charge in [-0.25, -0.2) is 4.98 Å². The summed E-state index contributed by atoms with van der Waals surface area (Å²) in [6.45, 7) is 4.35. The zero-order valence-electron chi connectivity index (χ0n) is 8.27. The Hall–Kier alpha value is -1.32. The molecule has 0 atom stereocenters. The predicted molar refractivity (Wildman–Crippen MR) is 50.1 cm³/mol. The number of imidazole rings is 1. The first kappa shape index (κ1) is 9.77. The van der Waals surface area contributed by atoms with E-state index in [4.69, 9.17) is 0 Å². The molecule has 13 heavy (non-hydrogen) atoms. The first-order valence-electron chi connectivity index (χ1n) is 4.32. The van der Waals surface area contributed by atoms with Gasteiger partial charge in [0.1, 0.15) is 6.54 Å². The Labute approximate surface area is 78.2 Å². The van der Waals surface area contributed by atoms with Gasteiger partial charge in [0.05, 0.1) is 6.33 Å². The van der Waals surface area contributed by atoms with E-state index in [0.717, 1.165) is 0 Å². The average molecular weight is 181 g/mol. The molecule has 1 amide bonds. The number of aromatic nitrogens is 2. The number of nitrogens with zero attached hydrogens (tertiary/aromatic N) is 3. The van der Waals surface area contributed by atoms with Gasteiger partial charge in [0.15, 0.2) is 0 Å². The van der Waals surface area contributed by atoms with Crippen LogP contribution in [0.5, 0.6) is 0 Å². The molecule has 1 heterocycles. The SMILES string of the molecule is CC(C)N(C)C(=O)Cn1ccnc1. The molecule has 4 heteroatoms. The molecule has 0 spiro atoms. The van der Waals surface area contributed by atoms with Crippen molar-refractivity contribution in [3.05, 3.63) is 18.7 Å². The van der Waals surface area contributed by atoms with E-state index in [-0.39, 0.29) is 11.9 Å². The molecular formula is C9H15N3O. The number of hydrogen-bond acceptors (Lipinski definition) is 2. The monoisotopic (exact) mass is 181 g/mol. The van der Waals surface area contributed by atoms with Crippen molar-refractivity contribution in [3.63, 3.8) is 0 Å². The molecule has 72 valence electrons. The molecule has 0 aliphatic carbocycles. The van der Waals surface area contributed by atoms with E-state index in [1.165, 1.54) is 0 Å². The molecule has 1 aromatic rings. The smallest absolute Gasteiger partial charge is 0.242 e. The normalized spacial score (nSPS) is 10.5. The molecule has 0 radical (unpaired) electrons. The molecule has 0 unspecified atom stereocenters. The summed E-state index contributed by atoms with van der Waals surface area (Å²) >= 11 is 0. The minimum absolute atomic E-state index is 0.105. The predicted octanol–water partition coefficient (Wildman–Crippen LogP) is 0.750. The van der Waals surface area contributed by atoms with Crippen molar-refractivity contribution < 1.29 is 4.79 Å². The van der Waals surface area contributed by atoms with Crippen LogP contribution in [-0.2, 0) is 11.3 Å². The minimum atomic E-state index is 0.105. The lowest BCUT2D eigenvalue weighted by Gasteiger charge is -2.21. The highest BCUT2D eigenvalue weighted by atomic mass is 16.2. The summed E-state index contributed by atoms with van der Waals surface area (Å²) in [6.07, 6.45) is 5.10. The summed E-state index contributed by atoms with van der Waals surface area (Å²) in [6, 6.07) is 0.246. The van der Waals surface area contributed by atoms with Gasteiger partial charge in [-0.2, -0.15) is 0 Å². The van der Waals surface area contributed by atoms with Crippen molar-refractivity contribution in [2.45, 2.75) is 26.4 Å². The second kappa shape index (κ2) is 4.07. The Kier molecular flexibility index (Phi) is 3.06. The van der Waals surface area contributed by atoms with Crippen molar-refractivity contribution >= 4 is 5.91 Å². The first-order chi connectivity index (χ1) is 6.11. The van der Waals surface area contributed by atoms with Crippen LogP contribution in [0.1, 0.15) is 13.8 Å². The largest absolute Gasteiger partial charge is 0.342 e. The van der Waals surface area contributed by atoms with E-state index >= 15 is 0 Å². The van der Waals surface area contributed by atoms with Gasteiger partial charge in [-0.15, -0.1) is 0 Å². The molecule has 0 saturated carbocycles. The minimum Gasteiger partial charge on any atom is -0.342 e. The summed E-state index contributed by atoms with van der Waals surface area (Å²) in [5, 5.41) is 0. The van der Waals surface area contributed by atoms with Gasteiger partial charge in [0.2, 0.25) is 5.91 Å². The van der Waals surface area contributed by atoms with Crippen LogP contribution in [0, 0.1) is 0 Å². The van der Waals surface area contributed by atoms with Crippen LogP contribution in [0.15, 0.2) is 18.7 Å². The third-order valence-electron chi connectivity index (χ3n) is 2.05. The maximum absolute atomic E-state index is 11.5. The van der Waals surface area contributed by atoms with E-state index in [0.29, 0.717) is 6.54 Å². The second-order valence-corrected chi connectivity index (χ2v) is 3.33. The summed E-state index contributed by atoms with van der Waals surface area (Å²) in [5.74, 6) is 0.105. The lowest BCUT2D eigenvalue weighted by atomic mass is 10.3. The Morgan fingerprint density at radius 3 is 2.77 bits per heavy atom. The molecule has 1 rings (SSSR count). The standard InChI is InChI=1S/C9H15N3O/c1-8(2)11(3)9(13)6-12-5-4-10-7-12/h4-5,7-8H,6H2,1-3H3. The molecule has 0 N–H and O–H groups in total. The van der Waals surface area contributed by atoms with Gasteiger partial charge in [0.25, 0.3) is 0 Å². The van der Waals surface area contributed by atoms with Crippen LogP contribution in [0.4, 0.5) is 0 Å². The maximum Gasteiger partial charge on any atom is 0.242 e. The van der Waals surface area contributed by atoms with Gasteiger partial charge in [-0.05, 0) is 13.8 Å². The quantitative estimate of drug-likeness (QED) is 0.690. The zero-order chi connectivity index (χ0) is 9.84. The summed E-state index contributed by atoms with van der Waals surface area (Å²) < 4.78 is 1.77. The molecule has 0 saturated heterocycles. The van der Waals surface area contributed by atoms with Crippen molar-refractivity contribution in [1.82, 2.24) is 14.5 Å². The van der Waals surface area contributed by atoms with Gasteiger partial charge in [-0.1, -0.05) is 0 Å². The average Bonchev–Trinajstić information content (AvgIpc) is 2.55. The van der Waals surface area contributed by atoms with Crippen LogP contribution >= 0.6 is 0 Å². The molecule has 0 aliphatic heterocycles. The number of rotatable bonds is 3. The molecular weight excluding hydrogens is 166 g/mol. The fourth-order valence-corrected chi connectivity index (χ4v) is 0.936. The number of amides is 1. The van der Waals surface area contributed by atoms with Crippen LogP contribution in [0.25, 0.3) is 0 Å². The highest BCUT2D eigenvalue weighted by molar-refractivity contribution is 5.75. The highest BCUT2D eigenvalue weighted by Gasteiger charge is 2.11. The molecule has 0 bridgehead atoms. The first-order valence-corrected chi connectivity index (χ1v) is 4.32. The molecule has 4 nitrogen and oxygen atoms in total. The van der Waals surface area contributed by atoms with E-state index in [2.05, 4.69) is 4.98 Å². The number of likely N-dealkylation sites (N-methyl/N-ethyl adjacent to an activating group) is 1. The van der Waals surface area contributed by atoms with Crippen LogP contribution in [0.3, 0.4) is 0 Å². The summed E-state index contributed by atoms with van der Waals surface area (Å²) in [5.41, 5.74) is 0. The van der Waals surface area contributed by atoms with Crippen molar-refractivity contribution in [2.75, 3.05) is 7.05 Å². The second-order valence-electron chi connectivity index (χ2n) is 3.33. The Morgan fingerprint density at radius 1 is 1.62 bits per heavy atom. The molecule has 1 aromatic heterocycles. The summed E-state index contributed by atoms with van der Waals surface area (Å²) in [7, 11) is 1.81.